The molecule has 0 spiro atoms. The van der Waals surface area contributed by atoms with E-state index in [1.807, 2.05) is 12.1 Å². The number of nitrogens with one attached hydrogen (secondary N) is 1. The number of carbonyl (C=O) groups excluding carboxylic acids is 2. The smallest absolute Gasteiger partial charge is 0.348 e. The van der Waals surface area contributed by atoms with Crippen molar-refractivity contribution in [1.29, 1.82) is 0 Å². The highest BCUT2D eigenvalue weighted by Crippen LogP contribution is 2.28. The summed E-state index contributed by atoms with van der Waals surface area (Å²) in [6.07, 6.45) is 0.653. The highest BCUT2D eigenvalue weighted by Gasteiger charge is 2.22. The van der Waals surface area contributed by atoms with Crippen molar-refractivity contribution in [2.24, 2.45) is 0 Å². The first-order valence-electron chi connectivity index (χ1n) is 9.50. The van der Waals surface area contributed by atoms with Gasteiger partial charge in [0.25, 0.3) is 5.56 Å². The number of amides is 1. The van der Waals surface area contributed by atoms with Gasteiger partial charge in [0, 0.05) is 11.6 Å². The minimum atomic E-state index is -0.471. The zero-order chi connectivity index (χ0) is 21.8. The highest BCUT2D eigenvalue weighted by atomic mass is 35.5. The number of benzene rings is 1. The molecule has 1 aromatic carbocycles. The Morgan fingerprint density at radius 1 is 1.23 bits per heavy atom. The average molecular weight is 448 g/mol. The topological polar surface area (TPSA) is 90.3 Å². The number of aromatic nitrogens is 2. The van der Waals surface area contributed by atoms with Crippen molar-refractivity contribution in [3.8, 4) is 0 Å². The van der Waals surface area contributed by atoms with Gasteiger partial charge in [-0.15, -0.1) is 11.3 Å². The standard InChI is InChI=1S/C21H22ClN3O4S/c1-4-29-21(28)18-12(2)17-19(30-18)24-13(3)25(20(17)27)11-16(26)23-10-9-14-5-7-15(22)8-6-14/h5-8H,4,9-11H2,1-3H3,(H,23,26). The third-order valence-electron chi connectivity index (χ3n) is 4.65. The number of hydrogen-bond acceptors (Lipinski definition) is 6. The molecule has 3 aromatic rings. The van der Waals surface area contributed by atoms with Gasteiger partial charge in [0.1, 0.15) is 22.1 Å². The Hall–Kier alpha value is -2.71. The van der Waals surface area contributed by atoms with Crippen LogP contribution in [0.5, 0.6) is 0 Å². The fraction of sp³-hybridized carbons (Fsp3) is 0.333. The zero-order valence-electron chi connectivity index (χ0n) is 17.0. The Morgan fingerprint density at radius 2 is 1.93 bits per heavy atom. The molecule has 0 radical (unpaired) electrons. The van der Waals surface area contributed by atoms with E-state index in [2.05, 4.69) is 10.3 Å². The monoisotopic (exact) mass is 447 g/mol. The van der Waals surface area contributed by atoms with E-state index in [0.29, 0.717) is 44.5 Å². The molecule has 0 bridgehead atoms. The van der Waals surface area contributed by atoms with E-state index in [9.17, 15) is 14.4 Å². The molecular weight excluding hydrogens is 426 g/mol. The second-order valence-corrected chi connectivity index (χ2v) is 8.17. The maximum atomic E-state index is 13.0. The summed E-state index contributed by atoms with van der Waals surface area (Å²) in [5.74, 6) is -0.340. The molecule has 0 aliphatic rings. The summed E-state index contributed by atoms with van der Waals surface area (Å²) in [4.78, 5) is 42.8. The number of carbonyl (C=O) groups is 2. The Bertz CT molecular complexity index is 1150. The first-order chi connectivity index (χ1) is 14.3. The number of nitrogens with zero attached hydrogens (tertiary/aromatic N) is 2. The fourth-order valence-corrected chi connectivity index (χ4v) is 4.33. The molecule has 9 heteroatoms. The van der Waals surface area contributed by atoms with Crippen LogP contribution >= 0.6 is 22.9 Å². The number of hydrogen-bond donors (Lipinski definition) is 1. The molecule has 7 nitrogen and oxygen atoms in total. The Kier molecular flexibility index (Phi) is 6.89. The minimum Gasteiger partial charge on any atom is -0.462 e. The Balaban J connectivity index is 1.75. The molecule has 0 aliphatic carbocycles. The van der Waals surface area contributed by atoms with Crippen molar-refractivity contribution in [2.45, 2.75) is 33.7 Å². The molecule has 3 rings (SSSR count). The van der Waals surface area contributed by atoms with Crippen LogP contribution in [-0.2, 0) is 22.5 Å². The van der Waals surface area contributed by atoms with Gasteiger partial charge in [-0.05, 0) is 50.5 Å². The van der Waals surface area contributed by atoms with Crippen molar-refractivity contribution >= 4 is 45.0 Å². The van der Waals surface area contributed by atoms with Crippen LogP contribution < -0.4 is 10.9 Å². The van der Waals surface area contributed by atoms with Crippen molar-refractivity contribution in [1.82, 2.24) is 14.9 Å². The lowest BCUT2D eigenvalue weighted by atomic mass is 10.1. The molecule has 1 N–H and O–H groups in total. The number of ether oxygens (including phenoxy) is 1. The molecule has 0 aliphatic heterocycles. The summed E-state index contributed by atoms with van der Waals surface area (Å²) in [7, 11) is 0. The number of aryl methyl sites for hydroxylation is 2. The molecular formula is C21H22ClN3O4S. The zero-order valence-corrected chi connectivity index (χ0v) is 18.5. The predicted octanol–water partition coefficient (Wildman–Crippen LogP) is 3.26. The molecule has 158 valence electrons. The maximum Gasteiger partial charge on any atom is 0.348 e. The lowest BCUT2D eigenvalue weighted by Crippen LogP contribution is -2.34. The van der Waals surface area contributed by atoms with Gasteiger partial charge in [0.15, 0.2) is 0 Å². The summed E-state index contributed by atoms with van der Waals surface area (Å²) < 4.78 is 6.38. The summed E-state index contributed by atoms with van der Waals surface area (Å²) in [6.45, 7) is 5.63. The number of rotatable bonds is 7. The van der Waals surface area contributed by atoms with Crippen LogP contribution in [0.15, 0.2) is 29.1 Å². The van der Waals surface area contributed by atoms with Crippen LogP contribution in [0.25, 0.3) is 10.2 Å². The van der Waals surface area contributed by atoms with E-state index >= 15 is 0 Å². The maximum absolute atomic E-state index is 13.0. The quantitative estimate of drug-likeness (QED) is 0.561. The van der Waals surface area contributed by atoms with Crippen LogP contribution in [0, 0.1) is 13.8 Å². The number of halogens is 1. The predicted molar refractivity (Wildman–Crippen MR) is 117 cm³/mol. The Morgan fingerprint density at radius 3 is 2.60 bits per heavy atom. The number of fused-ring (bicyclic) bond motifs is 1. The van der Waals surface area contributed by atoms with Crippen molar-refractivity contribution in [3.63, 3.8) is 0 Å². The highest BCUT2D eigenvalue weighted by molar-refractivity contribution is 7.20. The van der Waals surface area contributed by atoms with E-state index in [1.54, 1.807) is 32.9 Å². The Labute approximate surface area is 182 Å². The fourth-order valence-electron chi connectivity index (χ4n) is 3.09. The third-order valence-corrected chi connectivity index (χ3v) is 6.07. The van der Waals surface area contributed by atoms with Gasteiger partial charge in [-0.25, -0.2) is 9.78 Å². The molecule has 30 heavy (non-hydrogen) atoms. The lowest BCUT2D eigenvalue weighted by molar-refractivity contribution is -0.121. The van der Waals surface area contributed by atoms with Crippen molar-refractivity contribution in [2.75, 3.05) is 13.2 Å². The van der Waals surface area contributed by atoms with Crippen molar-refractivity contribution < 1.29 is 14.3 Å². The SMILES string of the molecule is CCOC(=O)c1sc2nc(C)n(CC(=O)NCCc3ccc(Cl)cc3)c(=O)c2c1C. The number of esters is 1. The summed E-state index contributed by atoms with van der Waals surface area (Å²) >= 11 is 7.00. The van der Waals surface area contributed by atoms with Crippen LogP contribution in [0.3, 0.4) is 0 Å². The van der Waals surface area contributed by atoms with Gasteiger partial charge in [0.2, 0.25) is 5.91 Å². The van der Waals surface area contributed by atoms with Gasteiger partial charge in [-0.2, -0.15) is 0 Å². The molecule has 0 saturated carbocycles. The van der Waals surface area contributed by atoms with Gasteiger partial charge in [-0.3, -0.25) is 14.2 Å². The molecule has 0 atom stereocenters. The molecule has 0 fully saturated rings. The summed E-state index contributed by atoms with van der Waals surface area (Å²) in [5, 5.41) is 3.83. The van der Waals surface area contributed by atoms with E-state index in [1.165, 1.54) is 4.57 Å². The summed E-state index contributed by atoms with van der Waals surface area (Å²) in [5.41, 5.74) is 1.24. The largest absolute Gasteiger partial charge is 0.462 e. The van der Waals surface area contributed by atoms with Gasteiger partial charge < -0.3 is 10.1 Å². The van der Waals surface area contributed by atoms with Crippen LogP contribution in [0.1, 0.15) is 33.5 Å². The van der Waals surface area contributed by atoms with Crippen LogP contribution in [0.2, 0.25) is 5.02 Å². The first kappa shape index (κ1) is 22.0. The van der Waals surface area contributed by atoms with E-state index < -0.39 is 5.97 Å². The van der Waals surface area contributed by atoms with E-state index in [0.717, 1.165) is 16.9 Å². The molecule has 0 unspecified atom stereocenters. The van der Waals surface area contributed by atoms with Crippen molar-refractivity contribution in [3.05, 3.63) is 61.5 Å². The average Bonchev–Trinajstić information content (AvgIpc) is 3.03. The number of thiophene rings is 1. The van der Waals surface area contributed by atoms with E-state index in [-0.39, 0.29) is 24.6 Å². The molecule has 1 amide bonds. The second kappa shape index (κ2) is 9.40. The summed E-state index contributed by atoms with van der Waals surface area (Å²) in [6, 6.07) is 7.41. The van der Waals surface area contributed by atoms with Gasteiger partial charge >= 0.3 is 5.97 Å². The second-order valence-electron chi connectivity index (χ2n) is 6.73. The normalized spacial score (nSPS) is 10.9. The van der Waals surface area contributed by atoms with Gasteiger partial charge in [-0.1, -0.05) is 23.7 Å². The molecule has 2 heterocycles. The van der Waals surface area contributed by atoms with Gasteiger partial charge in [0.05, 0.1) is 12.0 Å². The van der Waals surface area contributed by atoms with E-state index in [4.69, 9.17) is 16.3 Å². The molecule has 2 aromatic heterocycles. The third kappa shape index (κ3) is 4.71. The lowest BCUT2D eigenvalue weighted by Gasteiger charge is -2.10. The first-order valence-corrected chi connectivity index (χ1v) is 10.7. The minimum absolute atomic E-state index is 0.141. The molecule has 0 saturated heterocycles. The van der Waals surface area contributed by atoms with Crippen LogP contribution in [0.4, 0.5) is 0 Å². The van der Waals surface area contributed by atoms with Crippen LogP contribution in [-0.4, -0.2) is 34.6 Å².